The van der Waals surface area contributed by atoms with E-state index in [0.29, 0.717) is 17.0 Å². The Balaban J connectivity index is 2.35. The normalized spacial score (nSPS) is 11.8. The molecule has 23 heavy (non-hydrogen) atoms. The molecule has 0 aliphatic rings. The molecule has 0 spiro atoms. The minimum absolute atomic E-state index is 0.00912. The van der Waals surface area contributed by atoms with E-state index in [9.17, 15) is 18.0 Å². The fourth-order valence-corrected chi connectivity index (χ4v) is 1.78. The Bertz CT molecular complexity index is 740. The minimum atomic E-state index is -4.82. The van der Waals surface area contributed by atoms with Gasteiger partial charge in [0.2, 0.25) is 0 Å². The molecule has 0 unspecified atom stereocenters. The van der Waals surface area contributed by atoms with Crippen LogP contribution in [0, 0.1) is 6.92 Å². The lowest BCUT2D eigenvalue weighted by Crippen LogP contribution is -2.17. The molecule has 0 fully saturated rings. The van der Waals surface area contributed by atoms with Gasteiger partial charge in [0, 0.05) is 6.08 Å². The van der Waals surface area contributed by atoms with Crippen LogP contribution in [0.4, 0.5) is 13.2 Å². The van der Waals surface area contributed by atoms with Crippen molar-refractivity contribution in [3.05, 3.63) is 41.2 Å². The number of aromatic nitrogens is 4. The molecule has 0 bridgehead atoms. The van der Waals surface area contributed by atoms with Gasteiger partial charge in [-0.1, -0.05) is 6.07 Å². The third-order valence-electron chi connectivity index (χ3n) is 2.62. The van der Waals surface area contributed by atoms with Gasteiger partial charge in [-0.3, -0.25) is 0 Å². The first-order chi connectivity index (χ1) is 10.7. The van der Waals surface area contributed by atoms with Crippen LogP contribution in [-0.2, 0) is 11.3 Å². The summed E-state index contributed by atoms with van der Waals surface area (Å²) in [6.45, 7) is 1.62. The number of ether oxygens (including phenoxy) is 1. The summed E-state index contributed by atoms with van der Waals surface area (Å²) in [6.07, 6.45) is -2.68. The molecule has 10 heteroatoms. The summed E-state index contributed by atoms with van der Waals surface area (Å²) >= 11 is 0. The van der Waals surface area contributed by atoms with Gasteiger partial charge in [-0.15, -0.1) is 23.4 Å². The van der Waals surface area contributed by atoms with Crippen molar-refractivity contribution in [2.75, 3.05) is 0 Å². The monoisotopic (exact) mass is 328 g/mol. The summed E-state index contributed by atoms with van der Waals surface area (Å²) in [7, 11) is 0. The molecular weight excluding hydrogens is 317 g/mol. The van der Waals surface area contributed by atoms with Crippen molar-refractivity contribution >= 4 is 12.0 Å². The Labute approximate surface area is 128 Å². The maximum absolute atomic E-state index is 12.3. The zero-order chi connectivity index (χ0) is 17.0. The number of carbonyl (C=O) groups is 1. The molecule has 1 aromatic heterocycles. The van der Waals surface area contributed by atoms with Gasteiger partial charge >= 0.3 is 12.3 Å². The van der Waals surface area contributed by atoms with Crippen molar-refractivity contribution in [2.45, 2.75) is 19.8 Å². The molecule has 1 aromatic carbocycles. The predicted octanol–water partition coefficient (Wildman–Crippen LogP) is 2.03. The van der Waals surface area contributed by atoms with E-state index in [1.54, 1.807) is 6.92 Å². The fourth-order valence-electron chi connectivity index (χ4n) is 1.78. The predicted molar refractivity (Wildman–Crippen MR) is 71.5 cm³/mol. The Morgan fingerprint density at radius 2 is 2.17 bits per heavy atom. The molecule has 122 valence electrons. The standard InChI is InChI=1S/C13H11F3N4O3/c1-8-17-19-20(18-8)7-10-6-11(23-13(14,15)16)4-2-9(10)3-5-12(21)22/h2-6H,7H2,1H3,(H,21,22). The quantitative estimate of drug-likeness (QED) is 0.845. The minimum Gasteiger partial charge on any atom is -0.478 e. The number of halogens is 3. The fraction of sp³-hybridized carbons (Fsp3) is 0.231. The van der Waals surface area contributed by atoms with E-state index in [0.717, 1.165) is 18.2 Å². The van der Waals surface area contributed by atoms with E-state index < -0.39 is 18.1 Å². The molecule has 1 heterocycles. The second-order valence-electron chi connectivity index (χ2n) is 4.45. The second kappa shape index (κ2) is 6.46. The molecular formula is C13H11F3N4O3. The molecule has 2 rings (SSSR count). The largest absolute Gasteiger partial charge is 0.573 e. The topological polar surface area (TPSA) is 90.1 Å². The molecule has 0 saturated heterocycles. The average Bonchev–Trinajstić information content (AvgIpc) is 2.81. The van der Waals surface area contributed by atoms with Crippen LogP contribution in [-0.4, -0.2) is 37.6 Å². The van der Waals surface area contributed by atoms with Gasteiger partial charge in [0.25, 0.3) is 0 Å². The third-order valence-corrected chi connectivity index (χ3v) is 2.62. The number of rotatable bonds is 5. The molecule has 0 aliphatic carbocycles. The first-order valence-electron chi connectivity index (χ1n) is 6.27. The molecule has 0 aliphatic heterocycles. The Morgan fingerprint density at radius 1 is 1.43 bits per heavy atom. The van der Waals surface area contributed by atoms with Crippen LogP contribution in [0.5, 0.6) is 5.75 Å². The van der Waals surface area contributed by atoms with Gasteiger partial charge in [0.05, 0.1) is 6.54 Å². The lowest BCUT2D eigenvalue weighted by atomic mass is 10.1. The summed E-state index contributed by atoms with van der Waals surface area (Å²) in [4.78, 5) is 11.8. The smallest absolute Gasteiger partial charge is 0.478 e. The zero-order valence-corrected chi connectivity index (χ0v) is 11.8. The SMILES string of the molecule is Cc1nnn(Cc2cc(OC(F)(F)F)ccc2C=CC(=O)O)n1. The number of benzene rings is 1. The first-order valence-corrected chi connectivity index (χ1v) is 6.27. The molecule has 0 amide bonds. The number of carboxylic acids is 1. The molecule has 7 nitrogen and oxygen atoms in total. The Kier molecular flexibility index (Phi) is 4.63. The average molecular weight is 328 g/mol. The number of aliphatic carboxylic acids is 1. The van der Waals surface area contributed by atoms with E-state index in [1.807, 2.05) is 0 Å². The highest BCUT2D eigenvalue weighted by atomic mass is 19.4. The molecule has 2 aromatic rings. The number of carboxylic acid groups (broad SMARTS) is 1. The van der Waals surface area contributed by atoms with Gasteiger partial charge in [0.1, 0.15) is 5.75 Å². The zero-order valence-electron chi connectivity index (χ0n) is 11.8. The van der Waals surface area contributed by atoms with Crippen molar-refractivity contribution in [2.24, 2.45) is 0 Å². The van der Waals surface area contributed by atoms with Crippen molar-refractivity contribution in [1.82, 2.24) is 20.2 Å². The Morgan fingerprint density at radius 3 is 2.74 bits per heavy atom. The van der Waals surface area contributed by atoms with Crippen LogP contribution < -0.4 is 4.74 Å². The lowest BCUT2D eigenvalue weighted by molar-refractivity contribution is -0.274. The second-order valence-corrected chi connectivity index (χ2v) is 4.45. The number of hydrogen-bond donors (Lipinski definition) is 1. The highest BCUT2D eigenvalue weighted by molar-refractivity contribution is 5.85. The summed E-state index contributed by atoms with van der Waals surface area (Å²) in [6, 6.07) is 3.56. The molecule has 0 atom stereocenters. The van der Waals surface area contributed by atoms with E-state index in [2.05, 4.69) is 20.1 Å². The summed E-state index contributed by atoms with van der Waals surface area (Å²) in [5, 5.41) is 20.0. The maximum Gasteiger partial charge on any atom is 0.573 e. The summed E-state index contributed by atoms with van der Waals surface area (Å²) < 4.78 is 40.8. The third kappa shape index (κ3) is 5.09. The first kappa shape index (κ1) is 16.5. The van der Waals surface area contributed by atoms with Gasteiger partial charge in [0.15, 0.2) is 5.82 Å². The highest BCUT2D eigenvalue weighted by Crippen LogP contribution is 2.26. The number of aryl methyl sites for hydroxylation is 1. The van der Waals surface area contributed by atoms with Gasteiger partial charge < -0.3 is 9.84 Å². The van der Waals surface area contributed by atoms with Crippen molar-refractivity contribution in [1.29, 1.82) is 0 Å². The molecule has 0 radical (unpaired) electrons. The number of alkyl halides is 3. The number of hydrogen-bond acceptors (Lipinski definition) is 5. The van der Waals surface area contributed by atoms with Crippen molar-refractivity contribution < 1.29 is 27.8 Å². The van der Waals surface area contributed by atoms with Crippen molar-refractivity contribution in [3.8, 4) is 5.75 Å². The number of nitrogens with zero attached hydrogens (tertiary/aromatic N) is 4. The van der Waals surface area contributed by atoms with Gasteiger partial charge in [-0.2, -0.15) is 4.80 Å². The Hall–Kier alpha value is -2.91. The van der Waals surface area contributed by atoms with E-state index in [4.69, 9.17) is 5.11 Å². The van der Waals surface area contributed by atoms with Crippen LogP contribution in [0.25, 0.3) is 6.08 Å². The lowest BCUT2D eigenvalue weighted by Gasteiger charge is -2.12. The number of tetrazole rings is 1. The van der Waals surface area contributed by atoms with Gasteiger partial charge in [-0.25, -0.2) is 4.79 Å². The summed E-state index contributed by atoms with van der Waals surface area (Å²) in [5.74, 6) is -1.20. The van der Waals surface area contributed by atoms with Gasteiger partial charge in [-0.05, 0) is 41.5 Å². The van der Waals surface area contributed by atoms with Crippen LogP contribution in [0.3, 0.4) is 0 Å². The molecule has 1 N–H and O–H groups in total. The van der Waals surface area contributed by atoms with E-state index >= 15 is 0 Å². The van der Waals surface area contributed by atoms with Crippen LogP contribution in [0.2, 0.25) is 0 Å². The van der Waals surface area contributed by atoms with Crippen LogP contribution >= 0.6 is 0 Å². The summed E-state index contributed by atoms with van der Waals surface area (Å²) in [5.41, 5.74) is 0.749. The van der Waals surface area contributed by atoms with Crippen molar-refractivity contribution in [3.63, 3.8) is 0 Å². The van der Waals surface area contributed by atoms with E-state index in [-0.39, 0.29) is 6.54 Å². The van der Waals surface area contributed by atoms with E-state index in [1.165, 1.54) is 16.9 Å². The molecule has 0 saturated carbocycles. The van der Waals surface area contributed by atoms with Crippen LogP contribution in [0.15, 0.2) is 24.3 Å². The highest BCUT2D eigenvalue weighted by Gasteiger charge is 2.31. The maximum atomic E-state index is 12.3. The van der Waals surface area contributed by atoms with Crippen LogP contribution in [0.1, 0.15) is 17.0 Å².